The van der Waals surface area contributed by atoms with Crippen LogP contribution in [0.25, 0.3) is 22.3 Å². The summed E-state index contributed by atoms with van der Waals surface area (Å²) in [7, 11) is 0. The Morgan fingerprint density at radius 3 is 2.47 bits per heavy atom. The highest BCUT2D eigenvalue weighted by Crippen LogP contribution is 2.21. The van der Waals surface area contributed by atoms with Crippen molar-refractivity contribution in [3.63, 3.8) is 0 Å². The van der Waals surface area contributed by atoms with Gasteiger partial charge in [-0.3, -0.25) is 4.79 Å². The van der Waals surface area contributed by atoms with Crippen molar-refractivity contribution in [1.82, 2.24) is 9.66 Å². The SMILES string of the molecule is CCCCc1ccc(-c2nc3ccccc3c(=O)n2NCc2ccccc2Br)cc1. The smallest absolute Gasteiger partial charge is 0.280 e. The molecule has 5 heteroatoms. The van der Waals surface area contributed by atoms with Crippen molar-refractivity contribution in [3.05, 3.63) is 98.7 Å². The van der Waals surface area contributed by atoms with Crippen LogP contribution in [0, 0.1) is 0 Å². The van der Waals surface area contributed by atoms with Gasteiger partial charge < -0.3 is 5.43 Å². The van der Waals surface area contributed by atoms with Gasteiger partial charge in [-0.05, 0) is 42.2 Å². The van der Waals surface area contributed by atoms with Crippen LogP contribution in [0.2, 0.25) is 0 Å². The zero-order valence-electron chi connectivity index (χ0n) is 16.9. The van der Waals surface area contributed by atoms with E-state index in [9.17, 15) is 4.79 Å². The number of nitrogens with zero attached hydrogens (tertiary/aromatic N) is 2. The van der Waals surface area contributed by atoms with Crippen molar-refractivity contribution in [2.24, 2.45) is 0 Å². The number of unbranched alkanes of at least 4 members (excludes halogenated alkanes) is 1. The minimum atomic E-state index is -0.0993. The zero-order chi connectivity index (χ0) is 20.9. The number of rotatable bonds is 7. The van der Waals surface area contributed by atoms with Crippen LogP contribution in [-0.4, -0.2) is 9.66 Å². The summed E-state index contributed by atoms with van der Waals surface area (Å²) in [5, 5.41) is 0.598. The van der Waals surface area contributed by atoms with Crippen LogP contribution >= 0.6 is 15.9 Å². The van der Waals surface area contributed by atoms with Gasteiger partial charge in [0.1, 0.15) is 0 Å². The number of benzene rings is 3. The van der Waals surface area contributed by atoms with Crippen LogP contribution in [0.5, 0.6) is 0 Å². The van der Waals surface area contributed by atoms with Gasteiger partial charge >= 0.3 is 0 Å². The first-order valence-electron chi connectivity index (χ1n) is 10.3. The van der Waals surface area contributed by atoms with Gasteiger partial charge in [0.25, 0.3) is 5.56 Å². The maximum Gasteiger partial charge on any atom is 0.280 e. The van der Waals surface area contributed by atoms with Crippen LogP contribution in [0.4, 0.5) is 0 Å². The number of hydrogen-bond donors (Lipinski definition) is 1. The maximum atomic E-state index is 13.3. The summed E-state index contributed by atoms with van der Waals surface area (Å²) in [6, 6.07) is 23.8. The van der Waals surface area contributed by atoms with Gasteiger partial charge in [0.15, 0.2) is 5.82 Å². The Morgan fingerprint density at radius 1 is 0.967 bits per heavy atom. The van der Waals surface area contributed by atoms with Crippen LogP contribution in [0.15, 0.2) is 82.1 Å². The molecule has 1 N–H and O–H groups in total. The van der Waals surface area contributed by atoms with E-state index in [0.717, 1.165) is 22.0 Å². The first-order chi connectivity index (χ1) is 14.7. The molecule has 4 rings (SSSR count). The van der Waals surface area contributed by atoms with E-state index in [1.807, 2.05) is 48.5 Å². The summed E-state index contributed by atoms with van der Waals surface area (Å²) in [4.78, 5) is 18.1. The Bertz CT molecular complexity index is 1220. The summed E-state index contributed by atoms with van der Waals surface area (Å²) < 4.78 is 2.57. The molecular formula is C25H24BrN3O. The predicted molar refractivity (Wildman–Crippen MR) is 127 cm³/mol. The Balaban J connectivity index is 1.76. The third-order valence-electron chi connectivity index (χ3n) is 5.19. The van der Waals surface area contributed by atoms with E-state index in [0.29, 0.717) is 23.3 Å². The number of nitrogens with one attached hydrogen (secondary N) is 1. The third-order valence-corrected chi connectivity index (χ3v) is 5.97. The third kappa shape index (κ3) is 4.31. The van der Waals surface area contributed by atoms with Gasteiger partial charge in [-0.1, -0.05) is 83.9 Å². The fraction of sp³-hybridized carbons (Fsp3) is 0.200. The molecule has 0 aliphatic rings. The van der Waals surface area contributed by atoms with Gasteiger partial charge in [0, 0.05) is 10.0 Å². The largest absolute Gasteiger partial charge is 0.317 e. The lowest BCUT2D eigenvalue weighted by molar-refractivity contribution is 0.793. The highest BCUT2D eigenvalue weighted by atomic mass is 79.9. The van der Waals surface area contributed by atoms with Crippen molar-refractivity contribution < 1.29 is 0 Å². The summed E-state index contributed by atoms with van der Waals surface area (Å²) in [6.45, 7) is 2.70. The molecule has 4 aromatic rings. The van der Waals surface area contributed by atoms with Gasteiger partial charge in [-0.25, -0.2) is 9.66 Å². The molecule has 0 bridgehead atoms. The molecular weight excluding hydrogens is 438 g/mol. The molecule has 1 aromatic heterocycles. The van der Waals surface area contributed by atoms with E-state index in [1.165, 1.54) is 18.4 Å². The van der Waals surface area contributed by atoms with E-state index in [4.69, 9.17) is 4.98 Å². The molecule has 1 heterocycles. The van der Waals surface area contributed by atoms with E-state index in [1.54, 1.807) is 4.68 Å². The molecule has 0 aliphatic carbocycles. The van der Waals surface area contributed by atoms with E-state index in [-0.39, 0.29) is 5.56 Å². The molecule has 0 saturated carbocycles. The topological polar surface area (TPSA) is 46.9 Å². The summed E-state index contributed by atoms with van der Waals surface area (Å²) in [5.74, 6) is 0.618. The molecule has 30 heavy (non-hydrogen) atoms. The quantitative estimate of drug-likeness (QED) is 0.371. The minimum absolute atomic E-state index is 0.0993. The molecule has 152 valence electrons. The van der Waals surface area contributed by atoms with E-state index in [2.05, 4.69) is 52.5 Å². The second kappa shape index (κ2) is 9.26. The highest BCUT2D eigenvalue weighted by molar-refractivity contribution is 9.10. The fourth-order valence-electron chi connectivity index (χ4n) is 3.48. The Kier molecular flexibility index (Phi) is 6.29. The standard InChI is InChI=1S/C25H24BrN3O/c1-2-3-8-18-13-15-19(16-14-18)24-28-23-12-7-5-10-21(23)25(30)29(24)27-17-20-9-4-6-11-22(20)26/h4-7,9-16,27H,2-3,8,17H2,1H3. The fourth-order valence-corrected chi connectivity index (χ4v) is 3.91. The van der Waals surface area contributed by atoms with Gasteiger partial charge in [0.2, 0.25) is 0 Å². The average Bonchev–Trinajstić information content (AvgIpc) is 2.78. The number of fused-ring (bicyclic) bond motifs is 1. The monoisotopic (exact) mass is 461 g/mol. The number of halogens is 1. The summed E-state index contributed by atoms with van der Waals surface area (Å²) in [5.41, 5.74) is 7.18. The molecule has 0 fully saturated rings. The van der Waals surface area contributed by atoms with Gasteiger partial charge in [0.05, 0.1) is 17.4 Å². The predicted octanol–water partition coefficient (Wildman–Crippen LogP) is 5.91. The van der Waals surface area contributed by atoms with Crippen LogP contribution in [0.3, 0.4) is 0 Å². The van der Waals surface area contributed by atoms with Crippen LogP contribution in [0.1, 0.15) is 30.9 Å². The minimum Gasteiger partial charge on any atom is -0.317 e. The lowest BCUT2D eigenvalue weighted by Gasteiger charge is -2.16. The van der Waals surface area contributed by atoms with E-state index >= 15 is 0 Å². The lowest BCUT2D eigenvalue weighted by atomic mass is 10.1. The zero-order valence-corrected chi connectivity index (χ0v) is 18.5. The van der Waals surface area contributed by atoms with Crippen molar-refractivity contribution in [3.8, 4) is 11.4 Å². The number of aromatic nitrogens is 2. The molecule has 3 aromatic carbocycles. The molecule has 0 aliphatic heterocycles. The average molecular weight is 462 g/mol. The molecule has 0 atom stereocenters. The lowest BCUT2D eigenvalue weighted by Crippen LogP contribution is -2.31. The van der Waals surface area contributed by atoms with Crippen LogP contribution in [-0.2, 0) is 13.0 Å². The number of para-hydroxylation sites is 1. The molecule has 4 nitrogen and oxygen atoms in total. The second-order valence-electron chi connectivity index (χ2n) is 7.32. The summed E-state index contributed by atoms with van der Waals surface area (Å²) in [6.07, 6.45) is 3.41. The maximum absolute atomic E-state index is 13.3. The molecule has 0 saturated heterocycles. The Morgan fingerprint density at radius 2 is 1.70 bits per heavy atom. The van der Waals surface area contributed by atoms with Crippen molar-refractivity contribution in [2.45, 2.75) is 32.7 Å². The molecule has 0 amide bonds. The Hall–Kier alpha value is -2.92. The first-order valence-corrected chi connectivity index (χ1v) is 11.0. The summed E-state index contributed by atoms with van der Waals surface area (Å²) >= 11 is 3.58. The highest BCUT2D eigenvalue weighted by Gasteiger charge is 2.13. The van der Waals surface area contributed by atoms with Gasteiger partial charge in [-0.15, -0.1) is 0 Å². The second-order valence-corrected chi connectivity index (χ2v) is 8.17. The molecule has 0 unspecified atom stereocenters. The normalized spacial score (nSPS) is 11.0. The first kappa shape index (κ1) is 20.4. The molecule has 0 radical (unpaired) electrons. The van der Waals surface area contributed by atoms with E-state index < -0.39 is 0 Å². The number of aryl methyl sites for hydroxylation is 1. The number of hydrogen-bond acceptors (Lipinski definition) is 3. The Labute approximate surface area is 184 Å². The molecule has 0 spiro atoms. The van der Waals surface area contributed by atoms with Gasteiger partial charge in [-0.2, -0.15) is 0 Å². The van der Waals surface area contributed by atoms with Crippen molar-refractivity contribution >= 4 is 26.8 Å². The van der Waals surface area contributed by atoms with Crippen molar-refractivity contribution in [2.75, 3.05) is 5.43 Å². The van der Waals surface area contributed by atoms with Crippen LogP contribution < -0.4 is 11.0 Å². The van der Waals surface area contributed by atoms with Crippen molar-refractivity contribution in [1.29, 1.82) is 0 Å².